The van der Waals surface area contributed by atoms with Gasteiger partial charge in [0.25, 0.3) is 0 Å². The SMILES string of the molecule is [2H]C([2H])([NH+]=C(N)N)C([2H])([2H])C([2H])([2H])C([2H])([2H])C([2H])([2H])C(=O)Oc1ccc(C(=O)OCC)cc1. The van der Waals surface area contributed by atoms with Crippen LogP contribution in [0.4, 0.5) is 0 Å². The van der Waals surface area contributed by atoms with E-state index in [2.05, 4.69) is 0 Å². The molecule has 0 saturated heterocycles. The predicted molar refractivity (Wildman–Crippen MR) is 85.7 cm³/mol. The highest BCUT2D eigenvalue weighted by molar-refractivity contribution is 5.89. The number of benzene rings is 1. The van der Waals surface area contributed by atoms with E-state index in [0.29, 0.717) is 0 Å². The second-order valence-electron chi connectivity index (χ2n) is 3.84. The first-order valence-corrected chi connectivity index (χ1v) is 6.42. The summed E-state index contributed by atoms with van der Waals surface area (Å²) in [6, 6.07) is 4.56. The van der Waals surface area contributed by atoms with Crippen molar-refractivity contribution in [1.29, 1.82) is 0 Å². The molecule has 0 atom stereocenters. The zero-order chi connectivity index (χ0) is 26.0. The molecule has 1 aromatic rings. The number of ether oxygens (including phenoxy) is 2. The van der Waals surface area contributed by atoms with Gasteiger partial charge in [-0.05, 0) is 50.3 Å². The minimum atomic E-state index is -3.97. The molecule has 7 nitrogen and oxygen atoms in total. The highest BCUT2D eigenvalue weighted by Crippen LogP contribution is 2.14. The standard InChI is InChI=1S/C16H23N3O4/c1-2-22-15(21)12-7-9-13(10-8-12)23-14(20)6-4-3-5-11-19-16(17)18/h7-10H,2-6,11H2,1H3,(H4,17,18,19)/p+1/i3D2,4D2,5D2,6D2,11D2. The molecular formula is C16H24N3O4+. The zero-order valence-electron chi connectivity index (χ0n) is 22.3. The number of hydrogen-bond acceptors (Lipinski definition) is 4. The Morgan fingerprint density at radius 2 is 1.87 bits per heavy atom. The average Bonchev–Trinajstić information content (AvgIpc) is 2.67. The molecule has 0 unspecified atom stereocenters. The van der Waals surface area contributed by atoms with Crippen LogP contribution in [0.15, 0.2) is 24.3 Å². The lowest BCUT2D eigenvalue weighted by molar-refractivity contribution is -0.459. The second kappa shape index (κ2) is 10.2. The monoisotopic (exact) mass is 332 g/mol. The minimum absolute atomic E-state index is 0.0882. The number of carbonyl (C=O) groups excluding carboxylic acids is 2. The maximum absolute atomic E-state index is 12.4. The largest absolute Gasteiger partial charge is 0.462 e. The molecule has 0 heterocycles. The number of rotatable bonds is 9. The van der Waals surface area contributed by atoms with Gasteiger partial charge in [-0.1, -0.05) is 0 Å². The van der Waals surface area contributed by atoms with Crippen molar-refractivity contribution in [3.8, 4) is 5.75 Å². The van der Waals surface area contributed by atoms with E-state index < -0.39 is 49.9 Å². The second-order valence-corrected chi connectivity index (χ2v) is 3.84. The molecule has 0 radical (unpaired) electrons. The van der Waals surface area contributed by atoms with Crippen LogP contribution >= 0.6 is 0 Å². The molecule has 126 valence electrons. The summed E-state index contributed by atoms with van der Waals surface area (Å²) < 4.78 is 88.1. The lowest BCUT2D eigenvalue weighted by Gasteiger charge is -2.05. The van der Waals surface area contributed by atoms with Crippen molar-refractivity contribution in [3.63, 3.8) is 0 Å². The first-order valence-electron chi connectivity index (χ1n) is 11.4. The van der Waals surface area contributed by atoms with Crippen molar-refractivity contribution in [3.05, 3.63) is 29.8 Å². The Kier molecular flexibility index (Phi) is 3.70. The molecule has 0 saturated carbocycles. The van der Waals surface area contributed by atoms with Crippen LogP contribution in [0, 0.1) is 0 Å². The Bertz CT molecular complexity index is 916. The van der Waals surface area contributed by atoms with Crippen molar-refractivity contribution < 1.29 is 37.8 Å². The number of nitrogens with two attached hydrogens (primary N) is 2. The van der Waals surface area contributed by atoms with Crippen molar-refractivity contribution in [2.24, 2.45) is 11.5 Å². The summed E-state index contributed by atoms with van der Waals surface area (Å²) >= 11 is 0. The number of hydrogen-bond donors (Lipinski definition) is 3. The third-order valence-electron chi connectivity index (χ3n) is 2.13. The molecule has 0 fully saturated rings. The predicted octanol–water partition coefficient (Wildman–Crippen LogP) is -0.317. The number of guanidine groups is 1. The molecule has 1 rings (SSSR count). The fourth-order valence-electron chi connectivity index (χ4n) is 1.25. The Morgan fingerprint density at radius 1 is 1.17 bits per heavy atom. The smallest absolute Gasteiger partial charge is 0.338 e. The molecule has 5 N–H and O–H groups in total. The fourth-order valence-corrected chi connectivity index (χ4v) is 1.25. The van der Waals surface area contributed by atoms with Gasteiger partial charge in [-0.2, -0.15) is 0 Å². The van der Waals surface area contributed by atoms with E-state index in [-0.39, 0.29) is 17.9 Å². The van der Waals surface area contributed by atoms with Gasteiger partial charge in [0.2, 0.25) is 0 Å². The van der Waals surface area contributed by atoms with Gasteiger partial charge in [0.05, 0.1) is 21.4 Å². The summed E-state index contributed by atoms with van der Waals surface area (Å²) in [6.45, 7) is -1.70. The first-order chi connectivity index (χ1) is 14.8. The molecular weight excluding hydrogens is 298 g/mol. The van der Waals surface area contributed by atoms with Gasteiger partial charge >= 0.3 is 17.9 Å². The van der Waals surface area contributed by atoms with Gasteiger partial charge in [-0.3, -0.25) is 21.3 Å². The molecule has 0 aliphatic heterocycles. The molecule has 0 spiro atoms. The molecule has 0 aromatic heterocycles. The van der Waals surface area contributed by atoms with E-state index in [1.165, 1.54) is 12.1 Å². The van der Waals surface area contributed by atoms with Gasteiger partial charge in [-0.25, -0.2) is 4.79 Å². The van der Waals surface area contributed by atoms with Crippen LogP contribution in [0.2, 0.25) is 0 Å². The summed E-state index contributed by atoms with van der Waals surface area (Å²) in [5.74, 6) is -3.75. The minimum Gasteiger partial charge on any atom is -0.462 e. The number of carbonyl (C=O) groups is 2. The van der Waals surface area contributed by atoms with Crippen molar-refractivity contribution in [1.82, 2.24) is 0 Å². The normalized spacial score (nSPS) is 19.5. The van der Waals surface area contributed by atoms with Crippen LogP contribution in [-0.2, 0) is 9.53 Å². The third kappa shape index (κ3) is 7.85. The molecule has 0 aliphatic carbocycles. The highest BCUT2D eigenvalue weighted by atomic mass is 16.5. The van der Waals surface area contributed by atoms with E-state index in [4.69, 9.17) is 34.6 Å². The lowest BCUT2D eigenvalue weighted by Crippen LogP contribution is -2.78. The summed E-state index contributed by atoms with van der Waals surface area (Å²) in [4.78, 5) is 25.7. The molecule has 0 bridgehead atoms. The van der Waals surface area contributed by atoms with Crippen LogP contribution in [0.5, 0.6) is 5.75 Å². The fraction of sp³-hybridized carbons (Fsp3) is 0.438. The van der Waals surface area contributed by atoms with Crippen LogP contribution in [0.25, 0.3) is 0 Å². The summed E-state index contributed by atoms with van der Waals surface area (Å²) in [5, 5.41) is 0. The summed E-state index contributed by atoms with van der Waals surface area (Å²) in [5.41, 5.74) is 10.2. The maximum Gasteiger partial charge on any atom is 0.338 e. The molecule has 1 aromatic carbocycles. The van der Waals surface area contributed by atoms with Crippen molar-refractivity contribution in [2.75, 3.05) is 13.1 Å². The topological polar surface area (TPSA) is 119 Å². The Labute approximate surface area is 149 Å². The third-order valence-corrected chi connectivity index (χ3v) is 2.13. The summed E-state index contributed by atoms with van der Waals surface area (Å²) in [6.07, 6.45) is -15.5. The number of esters is 2. The van der Waals surface area contributed by atoms with E-state index in [1.54, 1.807) is 11.9 Å². The molecule has 0 amide bonds. The zero-order valence-corrected chi connectivity index (χ0v) is 12.3. The quantitative estimate of drug-likeness (QED) is 0.247. The first kappa shape index (κ1) is 8.33. The average molecular weight is 332 g/mol. The number of nitrogens with one attached hydrogen (secondary N) is 1. The molecule has 23 heavy (non-hydrogen) atoms. The van der Waals surface area contributed by atoms with Crippen LogP contribution < -0.4 is 21.2 Å². The van der Waals surface area contributed by atoms with Gasteiger partial charge in [0.15, 0.2) is 0 Å². The van der Waals surface area contributed by atoms with Gasteiger partial charge < -0.3 is 9.47 Å². The Morgan fingerprint density at radius 3 is 2.48 bits per heavy atom. The van der Waals surface area contributed by atoms with Crippen molar-refractivity contribution in [2.45, 2.75) is 32.4 Å². The highest BCUT2D eigenvalue weighted by Gasteiger charge is 2.08. The summed E-state index contributed by atoms with van der Waals surface area (Å²) in [7, 11) is 0. The van der Waals surface area contributed by atoms with E-state index >= 15 is 0 Å². The molecule has 0 aliphatic rings. The Hall–Kier alpha value is -2.57. The van der Waals surface area contributed by atoms with E-state index in [9.17, 15) is 9.59 Å². The molecule has 7 heteroatoms. The van der Waals surface area contributed by atoms with Gasteiger partial charge in [-0.15, -0.1) is 0 Å². The van der Waals surface area contributed by atoms with Gasteiger partial charge in [0.1, 0.15) is 5.75 Å². The van der Waals surface area contributed by atoms with Crippen LogP contribution in [0.3, 0.4) is 0 Å². The van der Waals surface area contributed by atoms with Crippen LogP contribution in [-0.4, -0.2) is 31.0 Å². The van der Waals surface area contributed by atoms with Gasteiger partial charge in [0, 0.05) is 17.3 Å². The van der Waals surface area contributed by atoms with E-state index in [1.807, 2.05) is 0 Å². The Balaban J connectivity index is 3.27. The van der Waals surface area contributed by atoms with Crippen molar-refractivity contribution >= 4 is 17.9 Å². The lowest BCUT2D eigenvalue weighted by atomic mass is 10.2. The van der Waals surface area contributed by atoms with E-state index in [0.717, 1.165) is 12.1 Å². The van der Waals surface area contributed by atoms with Crippen LogP contribution in [0.1, 0.15) is 56.5 Å². The maximum atomic E-state index is 12.4.